The maximum atomic E-state index is 13.1. The lowest BCUT2D eigenvalue weighted by atomic mass is 9.88. The second kappa shape index (κ2) is 7.75. The highest BCUT2D eigenvalue weighted by atomic mass is 31.1. The first-order chi connectivity index (χ1) is 14.5. The molecule has 6 nitrogen and oxygen atoms in total. The maximum absolute atomic E-state index is 13.1. The Morgan fingerprint density at radius 3 is 2.80 bits per heavy atom. The number of hydrogen-bond acceptors (Lipinski definition) is 4. The molecule has 1 amide bonds. The van der Waals surface area contributed by atoms with Crippen LogP contribution in [0.3, 0.4) is 0 Å². The molecule has 3 aliphatic heterocycles. The SMILES string of the molecule is CCc1nc(C)cn2nc(C3=CC(=O)N4C=C(C5CCNCC5)C=C(C)C4P3)cc12. The molecule has 2 aromatic rings. The summed E-state index contributed by atoms with van der Waals surface area (Å²) in [7, 11) is 0.489. The average molecular weight is 421 g/mol. The molecule has 3 aliphatic rings. The largest absolute Gasteiger partial charge is 0.317 e. The summed E-state index contributed by atoms with van der Waals surface area (Å²) in [5, 5.41) is 9.26. The fourth-order valence-corrected chi connectivity index (χ4v) is 6.12. The van der Waals surface area contributed by atoms with E-state index in [9.17, 15) is 4.79 Å². The molecule has 2 unspecified atom stereocenters. The molecule has 0 bridgehead atoms. The Labute approximate surface area is 178 Å². The van der Waals surface area contributed by atoms with E-state index in [1.807, 2.05) is 22.5 Å². The topological polar surface area (TPSA) is 62.5 Å². The molecule has 0 radical (unpaired) electrons. The molecule has 5 heterocycles. The highest BCUT2D eigenvalue weighted by Gasteiger charge is 2.33. The van der Waals surface area contributed by atoms with Crippen molar-refractivity contribution in [3.8, 4) is 0 Å². The van der Waals surface area contributed by atoms with E-state index in [0.29, 0.717) is 14.5 Å². The molecule has 1 saturated heterocycles. The second-order valence-corrected chi connectivity index (χ2v) is 9.81. The first kappa shape index (κ1) is 19.7. The Kier molecular flexibility index (Phi) is 5.08. The van der Waals surface area contributed by atoms with Gasteiger partial charge in [0.25, 0.3) is 5.91 Å². The standard InChI is InChI=1S/C23H28N5OP/c1-4-18-20-10-19(26-28(20)12-15(3)25-18)21-11-22(29)27-13-17(9-14(2)23(27)30-21)16-5-7-24-8-6-16/h9-13,16,23-24,30H,4-8H2,1-3H3. The van der Waals surface area contributed by atoms with Gasteiger partial charge in [0.1, 0.15) is 0 Å². The number of nitrogens with one attached hydrogen (secondary N) is 1. The number of fused-ring (bicyclic) bond motifs is 2. The first-order valence-electron chi connectivity index (χ1n) is 10.8. The molecule has 30 heavy (non-hydrogen) atoms. The second-order valence-electron chi connectivity index (χ2n) is 8.43. The van der Waals surface area contributed by atoms with Crippen molar-refractivity contribution < 1.29 is 4.79 Å². The highest BCUT2D eigenvalue weighted by molar-refractivity contribution is 7.51. The van der Waals surface area contributed by atoms with Gasteiger partial charge in [-0.05, 0) is 69.3 Å². The zero-order valence-corrected chi connectivity index (χ0v) is 18.8. The van der Waals surface area contributed by atoms with Crippen molar-refractivity contribution in [2.24, 2.45) is 5.92 Å². The fraction of sp³-hybridized carbons (Fsp3) is 0.435. The minimum Gasteiger partial charge on any atom is -0.317 e. The monoisotopic (exact) mass is 421 g/mol. The summed E-state index contributed by atoms with van der Waals surface area (Å²) in [6.45, 7) is 8.38. The van der Waals surface area contributed by atoms with E-state index in [4.69, 9.17) is 5.10 Å². The number of rotatable bonds is 3. The van der Waals surface area contributed by atoms with Crippen LogP contribution in [0.5, 0.6) is 0 Å². The third-order valence-electron chi connectivity index (χ3n) is 6.28. The summed E-state index contributed by atoms with van der Waals surface area (Å²) in [6.07, 6.45) is 11.3. The summed E-state index contributed by atoms with van der Waals surface area (Å²) in [5.41, 5.74) is 6.51. The van der Waals surface area contributed by atoms with E-state index in [-0.39, 0.29) is 11.7 Å². The van der Waals surface area contributed by atoms with Gasteiger partial charge in [-0.25, -0.2) is 4.52 Å². The van der Waals surface area contributed by atoms with E-state index < -0.39 is 0 Å². The van der Waals surface area contributed by atoms with Crippen LogP contribution in [0.15, 0.2) is 41.8 Å². The lowest BCUT2D eigenvalue weighted by molar-refractivity contribution is -0.123. The van der Waals surface area contributed by atoms with Crippen molar-refractivity contribution in [2.45, 2.75) is 45.8 Å². The van der Waals surface area contributed by atoms with Crippen LogP contribution >= 0.6 is 8.58 Å². The summed E-state index contributed by atoms with van der Waals surface area (Å²) >= 11 is 0. The number of aromatic nitrogens is 3. The Morgan fingerprint density at radius 1 is 1.23 bits per heavy atom. The molecule has 5 rings (SSSR count). The summed E-state index contributed by atoms with van der Waals surface area (Å²) < 4.78 is 1.91. The van der Waals surface area contributed by atoms with Gasteiger partial charge in [0, 0.05) is 17.6 Å². The molecule has 0 aliphatic carbocycles. The van der Waals surface area contributed by atoms with Gasteiger partial charge in [0.2, 0.25) is 0 Å². The fourth-order valence-electron chi connectivity index (χ4n) is 4.70. The zero-order valence-electron chi connectivity index (χ0n) is 17.8. The normalized spacial score (nSPS) is 23.4. The van der Waals surface area contributed by atoms with Crippen molar-refractivity contribution in [3.05, 3.63) is 58.8 Å². The van der Waals surface area contributed by atoms with Gasteiger partial charge in [-0.2, -0.15) is 5.10 Å². The van der Waals surface area contributed by atoms with Crippen LogP contribution in [-0.2, 0) is 11.2 Å². The van der Waals surface area contributed by atoms with Crippen LogP contribution in [0.2, 0.25) is 0 Å². The van der Waals surface area contributed by atoms with Crippen LogP contribution in [0.4, 0.5) is 0 Å². The number of carbonyl (C=O) groups excluding carboxylic acids is 1. The molecule has 0 saturated carbocycles. The van der Waals surface area contributed by atoms with Crippen LogP contribution < -0.4 is 5.32 Å². The summed E-state index contributed by atoms with van der Waals surface area (Å²) in [5.74, 6) is 0.721. The van der Waals surface area contributed by atoms with Gasteiger partial charge < -0.3 is 10.2 Å². The predicted octanol–water partition coefficient (Wildman–Crippen LogP) is 3.63. The van der Waals surface area contributed by atoms with Crippen LogP contribution in [0, 0.1) is 12.8 Å². The van der Waals surface area contributed by atoms with E-state index in [2.05, 4.69) is 42.5 Å². The molecule has 0 spiro atoms. The van der Waals surface area contributed by atoms with E-state index in [1.54, 1.807) is 6.08 Å². The first-order valence-corrected chi connectivity index (χ1v) is 11.9. The molecule has 2 atom stereocenters. The molecule has 1 fully saturated rings. The molecule has 7 heteroatoms. The minimum atomic E-state index is 0.0645. The molecule has 2 aromatic heterocycles. The molecular weight excluding hydrogens is 393 g/mol. The highest BCUT2D eigenvalue weighted by Crippen LogP contribution is 2.47. The maximum Gasteiger partial charge on any atom is 0.252 e. The van der Waals surface area contributed by atoms with Crippen molar-refractivity contribution in [1.82, 2.24) is 24.8 Å². The van der Waals surface area contributed by atoms with Crippen molar-refractivity contribution in [1.29, 1.82) is 0 Å². The van der Waals surface area contributed by atoms with Crippen molar-refractivity contribution in [2.75, 3.05) is 13.1 Å². The Morgan fingerprint density at radius 2 is 2.03 bits per heavy atom. The van der Waals surface area contributed by atoms with E-state index in [1.165, 1.54) is 11.1 Å². The van der Waals surface area contributed by atoms with Crippen LogP contribution in [-0.4, -0.2) is 44.3 Å². The number of amides is 1. The summed E-state index contributed by atoms with van der Waals surface area (Å²) in [6, 6.07) is 2.09. The van der Waals surface area contributed by atoms with Gasteiger partial charge >= 0.3 is 0 Å². The Bertz CT molecular complexity index is 1110. The number of nitrogens with zero attached hydrogens (tertiary/aromatic N) is 4. The van der Waals surface area contributed by atoms with E-state index >= 15 is 0 Å². The molecular formula is C23H28N5OP. The minimum absolute atomic E-state index is 0.0645. The Hall–Kier alpha value is -2.30. The third-order valence-corrected chi connectivity index (χ3v) is 8.00. The van der Waals surface area contributed by atoms with Crippen LogP contribution in [0.25, 0.3) is 10.8 Å². The predicted molar refractivity (Wildman–Crippen MR) is 121 cm³/mol. The third kappa shape index (κ3) is 3.42. The zero-order chi connectivity index (χ0) is 20.8. The molecule has 0 aromatic carbocycles. The molecule has 1 N–H and O–H groups in total. The van der Waals surface area contributed by atoms with Gasteiger partial charge in [-0.15, -0.1) is 0 Å². The number of carbonyl (C=O) groups is 1. The number of hydrogen-bond donors (Lipinski definition) is 1. The van der Waals surface area contributed by atoms with Crippen LogP contribution in [0.1, 0.15) is 43.8 Å². The van der Waals surface area contributed by atoms with Gasteiger partial charge in [0.15, 0.2) is 0 Å². The quantitative estimate of drug-likeness (QED) is 0.769. The number of piperidine rings is 1. The van der Waals surface area contributed by atoms with Crippen molar-refractivity contribution >= 4 is 25.3 Å². The summed E-state index contributed by atoms with van der Waals surface area (Å²) in [4.78, 5) is 19.7. The Balaban J connectivity index is 1.48. The van der Waals surface area contributed by atoms with Gasteiger partial charge in [-0.3, -0.25) is 9.78 Å². The van der Waals surface area contributed by atoms with E-state index in [0.717, 1.165) is 60.3 Å². The van der Waals surface area contributed by atoms with Gasteiger partial charge in [0.05, 0.1) is 34.6 Å². The molecule has 156 valence electrons. The van der Waals surface area contributed by atoms with Crippen molar-refractivity contribution in [3.63, 3.8) is 0 Å². The number of aryl methyl sites for hydroxylation is 2. The lowest BCUT2D eigenvalue weighted by Gasteiger charge is -2.38. The average Bonchev–Trinajstić information content (AvgIpc) is 3.18. The lowest BCUT2D eigenvalue weighted by Crippen LogP contribution is -2.39. The van der Waals surface area contributed by atoms with Gasteiger partial charge in [-0.1, -0.05) is 21.6 Å². The number of allylic oxidation sites excluding steroid dienone is 2. The smallest absolute Gasteiger partial charge is 0.252 e.